The van der Waals surface area contributed by atoms with E-state index in [0.29, 0.717) is 40.6 Å². The average Bonchev–Trinajstić information content (AvgIpc) is 2.76. The van der Waals surface area contributed by atoms with Crippen LogP contribution in [0, 0.1) is 6.92 Å². The number of carbonyl (C=O) groups excluding carboxylic acids is 1. The maximum Gasteiger partial charge on any atom is 0.256 e. The summed E-state index contributed by atoms with van der Waals surface area (Å²) in [6, 6.07) is 11.0. The van der Waals surface area contributed by atoms with Crippen molar-refractivity contribution in [1.82, 2.24) is 9.88 Å². The number of amides is 1. The fourth-order valence-electron chi connectivity index (χ4n) is 3.99. The maximum atomic E-state index is 13.4. The van der Waals surface area contributed by atoms with Gasteiger partial charge in [-0.3, -0.25) is 9.78 Å². The van der Waals surface area contributed by atoms with E-state index in [1.54, 1.807) is 38.4 Å². The molecule has 0 saturated heterocycles. The Morgan fingerprint density at radius 3 is 2.50 bits per heavy atom. The summed E-state index contributed by atoms with van der Waals surface area (Å²) >= 11 is 0. The van der Waals surface area contributed by atoms with E-state index in [1.165, 1.54) is 0 Å². The number of hydrogen-bond donors (Lipinski definition) is 1. The largest absolute Gasteiger partial charge is 0.497 e. The van der Waals surface area contributed by atoms with Crippen LogP contribution in [0.3, 0.4) is 0 Å². The predicted molar refractivity (Wildman–Crippen MR) is 112 cm³/mol. The number of nitrogens with zero attached hydrogens (tertiary/aromatic N) is 2. The molecule has 0 aliphatic carbocycles. The number of aliphatic hydroxyl groups excluding tert-OH is 1. The van der Waals surface area contributed by atoms with Crippen LogP contribution < -0.4 is 14.2 Å². The Morgan fingerprint density at radius 1 is 1.07 bits per heavy atom. The summed E-state index contributed by atoms with van der Waals surface area (Å²) in [6.45, 7) is 2.28. The summed E-state index contributed by atoms with van der Waals surface area (Å²) in [5.74, 6) is 1.73. The topological polar surface area (TPSA) is 81.1 Å². The van der Waals surface area contributed by atoms with E-state index in [1.807, 2.05) is 31.2 Å². The third-order valence-electron chi connectivity index (χ3n) is 5.52. The van der Waals surface area contributed by atoms with Crippen LogP contribution >= 0.6 is 0 Å². The summed E-state index contributed by atoms with van der Waals surface area (Å²) in [4.78, 5) is 19.6. The highest BCUT2D eigenvalue weighted by atomic mass is 16.5. The van der Waals surface area contributed by atoms with Gasteiger partial charge in [-0.1, -0.05) is 0 Å². The number of methoxy groups -OCH3 is 3. The molecule has 1 aliphatic heterocycles. The predicted octanol–water partition coefficient (Wildman–Crippen LogP) is 3.26. The zero-order chi connectivity index (χ0) is 21.4. The Morgan fingerprint density at radius 2 is 1.80 bits per heavy atom. The lowest BCUT2D eigenvalue weighted by Gasteiger charge is -2.34. The molecular weight excluding hydrogens is 384 g/mol. The van der Waals surface area contributed by atoms with Crippen LogP contribution in [0.5, 0.6) is 17.2 Å². The standard InChI is InChI=1S/C23H24N2O5/c1-13-16(9-14-5-6-15(28-2)10-18(14)24-13)23(27)25-11-17-20(29-3)7-8-21(30-4)22(17)19(26)12-25/h5-10,19,26H,11-12H2,1-4H3/t19-/m1/s1. The molecule has 3 aromatic rings. The first kappa shape index (κ1) is 20.0. The van der Waals surface area contributed by atoms with Crippen LogP contribution in [0.25, 0.3) is 10.9 Å². The molecule has 7 heteroatoms. The molecule has 30 heavy (non-hydrogen) atoms. The van der Waals surface area contributed by atoms with Gasteiger partial charge in [0.2, 0.25) is 0 Å². The molecule has 2 heterocycles. The van der Waals surface area contributed by atoms with Gasteiger partial charge in [-0.05, 0) is 37.3 Å². The van der Waals surface area contributed by atoms with E-state index in [0.717, 1.165) is 16.5 Å². The highest BCUT2D eigenvalue weighted by Gasteiger charge is 2.33. The van der Waals surface area contributed by atoms with Crippen LogP contribution in [-0.4, -0.2) is 48.8 Å². The molecule has 1 N–H and O–H groups in total. The van der Waals surface area contributed by atoms with Crippen molar-refractivity contribution < 1.29 is 24.1 Å². The second-order valence-electron chi connectivity index (χ2n) is 7.24. The highest BCUT2D eigenvalue weighted by Crippen LogP contribution is 2.39. The molecule has 4 rings (SSSR count). The Bertz CT molecular complexity index is 1130. The molecule has 156 valence electrons. The van der Waals surface area contributed by atoms with Gasteiger partial charge in [-0.2, -0.15) is 0 Å². The Balaban J connectivity index is 1.72. The lowest BCUT2D eigenvalue weighted by atomic mass is 9.94. The van der Waals surface area contributed by atoms with Gasteiger partial charge >= 0.3 is 0 Å². The van der Waals surface area contributed by atoms with E-state index >= 15 is 0 Å². The summed E-state index contributed by atoms with van der Waals surface area (Å²) in [6.07, 6.45) is -0.874. The van der Waals surface area contributed by atoms with Crippen molar-refractivity contribution in [2.24, 2.45) is 0 Å². The third-order valence-corrected chi connectivity index (χ3v) is 5.52. The number of carbonyl (C=O) groups is 1. The molecule has 1 aliphatic rings. The number of aryl methyl sites for hydroxylation is 1. The number of aliphatic hydroxyl groups is 1. The average molecular weight is 408 g/mol. The minimum atomic E-state index is -0.874. The first-order chi connectivity index (χ1) is 14.5. The molecule has 1 atom stereocenters. The van der Waals surface area contributed by atoms with Crippen LogP contribution in [0.4, 0.5) is 0 Å². The van der Waals surface area contributed by atoms with Crippen molar-refractivity contribution in [2.45, 2.75) is 19.6 Å². The first-order valence-corrected chi connectivity index (χ1v) is 9.63. The minimum absolute atomic E-state index is 0.162. The van der Waals surface area contributed by atoms with Crippen molar-refractivity contribution in [3.8, 4) is 17.2 Å². The van der Waals surface area contributed by atoms with Crippen LogP contribution in [0.2, 0.25) is 0 Å². The molecule has 7 nitrogen and oxygen atoms in total. The Hall–Kier alpha value is -3.32. The lowest BCUT2D eigenvalue weighted by Crippen LogP contribution is -2.39. The molecule has 1 aromatic heterocycles. The maximum absolute atomic E-state index is 13.4. The zero-order valence-corrected chi connectivity index (χ0v) is 17.4. The fourth-order valence-corrected chi connectivity index (χ4v) is 3.99. The van der Waals surface area contributed by atoms with Gasteiger partial charge in [0, 0.05) is 22.6 Å². The second kappa shape index (κ2) is 7.84. The third kappa shape index (κ3) is 3.31. The van der Waals surface area contributed by atoms with Gasteiger partial charge in [0.25, 0.3) is 5.91 Å². The number of rotatable bonds is 4. The van der Waals surface area contributed by atoms with Gasteiger partial charge in [0.05, 0.1) is 51.2 Å². The van der Waals surface area contributed by atoms with Crippen molar-refractivity contribution in [1.29, 1.82) is 0 Å². The normalized spacial score (nSPS) is 15.6. The number of pyridine rings is 1. The van der Waals surface area contributed by atoms with Gasteiger partial charge < -0.3 is 24.2 Å². The second-order valence-corrected chi connectivity index (χ2v) is 7.24. The van der Waals surface area contributed by atoms with E-state index < -0.39 is 6.10 Å². The molecule has 0 spiro atoms. The van der Waals surface area contributed by atoms with Crippen molar-refractivity contribution in [3.05, 3.63) is 58.8 Å². The van der Waals surface area contributed by atoms with E-state index in [9.17, 15) is 9.90 Å². The fraction of sp³-hybridized carbons (Fsp3) is 0.304. The molecule has 0 unspecified atom stereocenters. The quantitative estimate of drug-likeness (QED) is 0.714. The monoisotopic (exact) mass is 408 g/mol. The first-order valence-electron chi connectivity index (χ1n) is 9.63. The Labute approximate surface area is 174 Å². The van der Waals surface area contributed by atoms with Crippen LogP contribution in [-0.2, 0) is 6.54 Å². The van der Waals surface area contributed by atoms with Gasteiger partial charge in [-0.25, -0.2) is 0 Å². The van der Waals surface area contributed by atoms with E-state index in [2.05, 4.69) is 4.98 Å². The molecule has 1 amide bonds. The van der Waals surface area contributed by atoms with Gasteiger partial charge in [-0.15, -0.1) is 0 Å². The zero-order valence-electron chi connectivity index (χ0n) is 17.4. The number of hydrogen-bond acceptors (Lipinski definition) is 6. The SMILES string of the molecule is COc1ccc2cc(C(=O)N3Cc4c(OC)ccc(OC)c4[C@H](O)C3)c(C)nc2c1. The van der Waals surface area contributed by atoms with Crippen molar-refractivity contribution in [2.75, 3.05) is 27.9 Å². The smallest absolute Gasteiger partial charge is 0.256 e. The van der Waals surface area contributed by atoms with Gasteiger partial charge in [0.1, 0.15) is 23.4 Å². The number of aromatic nitrogens is 1. The number of ether oxygens (including phenoxy) is 3. The molecule has 2 aromatic carbocycles. The molecular formula is C23H24N2O5. The van der Waals surface area contributed by atoms with Gasteiger partial charge in [0.15, 0.2) is 0 Å². The van der Waals surface area contributed by atoms with Crippen LogP contribution in [0.1, 0.15) is 33.3 Å². The molecule has 0 bridgehead atoms. The Kier molecular flexibility index (Phi) is 5.22. The van der Waals surface area contributed by atoms with Crippen molar-refractivity contribution >= 4 is 16.8 Å². The number of β-amino-alcohol motifs (C(OH)–C–C–N with tert-alkyl or cyclic N) is 1. The number of fused-ring (bicyclic) bond motifs is 2. The molecule has 0 fully saturated rings. The summed E-state index contributed by atoms with van der Waals surface area (Å²) in [5.41, 5.74) is 3.31. The summed E-state index contributed by atoms with van der Waals surface area (Å²) < 4.78 is 16.1. The van der Waals surface area contributed by atoms with Crippen LogP contribution in [0.15, 0.2) is 36.4 Å². The summed E-state index contributed by atoms with van der Waals surface area (Å²) in [7, 11) is 4.74. The summed E-state index contributed by atoms with van der Waals surface area (Å²) in [5, 5.41) is 11.6. The van der Waals surface area contributed by atoms with E-state index in [4.69, 9.17) is 14.2 Å². The molecule has 0 radical (unpaired) electrons. The van der Waals surface area contributed by atoms with E-state index in [-0.39, 0.29) is 12.5 Å². The number of benzene rings is 2. The molecule has 0 saturated carbocycles. The van der Waals surface area contributed by atoms with Crippen molar-refractivity contribution in [3.63, 3.8) is 0 Å². The minimum Gasteiger partial charge on any atom is -0.497 e. The lowest BCUT2D eigenvalue weighted by molar-refractivity contribution is 0.0537. The highest BCUT2D eigenvalue weighted by molar-refractivity contribution is 5.99.